The van der Waals surface area contributed by atoms with E-state index in [0.29, 0.717) is 51.3 Å². The number of methoxy groups -OCH3 is 3. The molecule has 11 heteroatoms. The molecule has 4 aromatic rings. The lowest BCUT2D eigenvalue weighted by Gasteiger charge is -2.32. The SMILES string of the molecule is COc1cc(Nc2ncnc3nc(-c4ccc(C(=O)N5CCN(C)CC5)cc4)[nH]c23)cc(OC)c1OC. The number of ether oxygens (including phenoxy) is 3. The summed E-state index contributed by atoms with van der Waals surface area (Å²) >= 11 is 0. The number of carbonyl (C=O) groups is 1. The molecule has 2 aromatic heterocycles. The lowest BCUT2D eigenvalue weighted by atomic mass is 10.1. The number of fused-ring (bicyclic) bond motifs is 1. The van der Waals surface area contributed by atoms with Crippen molar-refractivity contribution in [2.24, 2.45) is 0 Å². The predicted octanol–water partition coefficient (Wildman–Crippen LogP) is 3.18. The maximum atomic E-state index is 12.9. The first-order chi connectivity index (χ1) is 18.0. The van der Waals surface area contributed by atoms with Crippen LogP contribution >= 0.6 is 0 Å². The molecule has 0 atom stereocenters. The number of aromatic amines is 1. The van der Waals surface area contributed by atoms with E-state index in [1.807, 2.05) is 29.2 Å². The number of amides is 1. The van der Waals surface area contributed by atoms with Crippen molar-refractivity contribution in [2.45, 2.75) is 0 Å². The lowest BCUT2D eigenvalue weighted by molar-refractivity contribution is 0.0664. The number of hydrogen-bond donors (Lipinski definition) is 2. The topological polar surface area (TPSA) is 118 Å². The summed E-state index contributed by atoms with van der Waals surface area (Å²) in [5.41, 5.74) is 3.35. The van der Waals surface area contributed by atoms with Gasteiger partial charge in [0, 0.05) is 55.1 Å². The molecule has 1 aliphatic rings. The largest absolute Gasteiger partial charge is 0.493 e. The Balaban J connectivity index is 1.40. The Hall–Kier alpha value is -4.38. The smallest absolute Gasteiger partial charge is 0.253 e. The fourth-order valence-corrected chi connectivity index (χ4v) is 4.31. The molecule has 1 aliphatic heterocycles. The fourth-order valence-electron chi connectivity index (χ4n) is 4.31. The van der Waals surface area contributed by atoms with Crippen LogP contribution in [0.2, 0.25) is 0 Å². The van der Waals surface area contributed by atoms with Crippen LogP contribution in [0.1, 0.15) is 10.4 Å². The van der Waals surface area contributed by atoms with Gasteiger partial charge in [0.1, 0.15) is 17.7 Å². The number of nitrogens with zero attached hydrogens (tertiary/aromatic N) is 5. The molecule has 3 heterocycles. The Morgan fingerprint density at radius 1 is 0.946 bits per heavy atom. The van der Waals surface area contributed by atoms with E-state index in [2.05, 4.69) is 37.2 Å². The van der Waals surface area contributed by atoms with Crippen LogP contribution in [0.25, 0.3) is 22.6 Å². The van der Waals surface area contributed by atoms with Crippen molar-refractivity contribution in [1.29, 1.82) is 0 Å². The maximum absolute atomic E-state index is 12.9. The molecule has 0 saturated carbocycles. The van der Waals surface area contributed by atoms with Crippen LogP contribution < -0.4 is 19.5 Å². The maximum Gasteiger partial charge on any atom is 0.253 e. The van der Waals surface area contributed by atoms with Crippen molar-refractivity contribution in [2.75, 3.05) is 59.9 Å². The minimum Gasteiger partial charge on any atom is -0.493 e. The van der Waals surface area contributed by atoms with E-state index in [1.54, 1.807) is 33.5 Å². The number of rotatable bonds is 7. The van der Waals surface area contributed by atoms with Crippen LogP contribution in [0.3, 0.4) is 0 Å². The number of H-pyrrole nitrogens is 1. The summed E-state index contributed by atoms with van der Waals surface area (Å²) in [6.07, 6.45) is 1.45. The molecule has 0 unspecified atom stereocenters. The third-order valence-electron chi connectivity index (χ3n) is 6.41. The highest BCUT2D eigenvalue weighted by Gasteiger charge is 2.21. The first-order valence-corrected chi connectivity index (χ1v) is 11.9. The summed E-state index contributed by atoms with van der Waals surface area (Å²) < 4.78 is 16.3. The molecule has 0 bridgehead atoms. The number of benzene rings is 2. The molecule has 1 saturated heterocycles. The van der Waals surface area contributed by atoms with Crippen LogP contribution in [0.4, 0.5) is 11.5 Å². The molecule has 192 valence electrons. The minimum absolute atomic E-state index is 0.0481. The van der Waals surface area contributed by atoms with Crippen molar-refractivity contribution in [3.05, 3.63) is 48.3 Å². The van der Waals surface area contributed by atoms with Gasteiger partial charge in [0.15, 0.2) is 23.0 Å². The molecule has 0 aliphatic carbocycles. The number of carbonyl (C=O) groups excluding carboxylic acids is 1. The molecule has 2 aromatic carbocycles. The highest BCUT2D eigenvalue weighted by Crippen LogP contribution is 2.40. The van der Waals surface area contributed by atoms with E-state index >= 15 is 0 Å². The van der Waals surface area contributed by atoms with E-state index < -0.39 is 0 Å². The lowest BCUT2D eigenvalue weighted by Crippen LogP contribution is -2.47. The van der Waals surface area contributed by atoms with E-state index in [0.717, 1.165) is 31.7 Å². The summed E-state index contributed by atoms with van der Waals surface area (Å²) in [6, 6.07) is 11.0. The molecular weight excluding hydrogens is 474 g/mol. The van der Waals surface area contributed by atoms with Gasteiger partial charge >= 0.3 is 0 Å². The summed E-state index contributed by atoms with van der Waals surface area (Å²) in [7, 11) is 6.76. The van der Waals surface area contributed by atoms with Crippen molar-refractivity contribution in [3.63, 3.8) is 0 Å². The summed E-state index contributed by atoms with van der Waals surface area (Å²) in [5.74, 6) is 2.76. The van der Waals surface area contributed by atoms with Gasteiger partial charge in [-0.3, -0.25) is 4.79 Å². The fraction of sp³-hybridized carbons (Fsp3) is 0.308. The zero-order chi connectivity index (χ0) is 25.9. The van der Waals surface area contributed by atoms with Crippen molar-refractivity contribution in [3.8, 4) is 28.6 Å². The zero-order valence-electron chi connectivity index (χ0n) is 21.2. The van der Waals surface area contributed by atoms with E-state index in [-0.39, 0.29) is 5.91 Å². The van der Waals surface area contributed by atoms with Gasteiger partial charge in [-0.15, -0.1) is 0 Å². The molecule has 0 radical (unpaired) electrons. The molecule has 2 N–H and O–H groups in total. The molecule has 0 spiro atoms. The number of anilines is 2. The van der Waals surface area contributed by atoms with Crippen LogP contribution in [0.15, 0.2) is 42.7 Å². The minimum atomic E-state index is 0.0481. The van der Waals surface area contributed by atoms with Crippen LogP contribution in [0, 0.1) is 0 Å². The van der Waals surface area contributed by atoms with E-state index in [1.165, 1.54) is 6.33 Å². The van der Waals surface area contributed by atoms with E-state index in [4.69, 9.17) is 14.2 Å². The first kappa shape index (κ1) is 24.3. The highest BCUT2D eigenvalue weighted by molar-refractivity contribution is 5.95. The van der Waals surface area contributed by atoms with Gasteiger partial charge in [0.25, 0.3) is 5.91 Å². The average Bonchev–Trinajstić information content (AvgIpc) is 3.38. The number of hydrogen-bond acceptors (Lipinski definition) is 9. The van der Waals surface area contributed by atoms with Gasteiger partial charge in [-0.1, -0.05) is 12.1 Å². The Bertz CT molecular complexity index is 1390. The quantitative estimate of drug-likeness (QED) is 0.392. The molecular formula is C26H29N7O4. The standard InChI is InChI=1S/C26H29N7O4/c1-32-9-11-33(12-10-32)26(34)17-7-5-16(6-8-17)23-30-21-24(27-15-28-25(21)31-23)29-18-13-19(35-2)22(37-4)20(14-18)36-3/h5-8,13-15H,9-12H2,1-4H3,(H2,27,28,29,30,31). The third-order valence-corrected chi connectivity index (χ3v) is 6.41. The van der Waals surface area contributed by atoms with Gasteiger partial charge in [-0.25, -0.2) is 15.0 Å². The Morgan fingerprint density at radius 3 is 2.24 bits per heavy atom. The second-order valence-electron chi connectivity index (χ2n) is 8.72. The van der Waals surface area contributed by atoms with Crippen LogP contribution in [0.5, 0.6) is 17.2 Å². The number of piperazine rings is 1. The summed E-state index contributed by atoms with van der Waals surface area (Å²) in [5, 5.41) is 3.28. The second kappa shape index (κ2) is 10.3. The molecule has 5 rings (SSSR count). The summed E-state index contributed by atoms with van der Waals surface area (Å²) in [4.78, 5) is 33.7. The molecule has 11 nitrogen and oxygen atoms in total. The van der Waals surface area contributed by atoms with Gasteiger partial charge in [-0.05, 0) is 19.2 Å². The highest BCUT2D eigenvalue weighted by atomic mass is 16.5. The molecule has 1 amide bonds. The van der Waals surface area contributed by atoms with Crippen molar-refractivity contribution < 1.29 is 19.0 Å². The number of nitrogens with one attached hydrogen (secondary N) is 2. The Labute approximate surface area is 214 Å². The predicted molar refractivity (Wildman–Crippen MR) is 140 cm³/mol. The Kier molecular flexibility index (Phi) is 6.78. The number of aromatic nitrogens is 4. The summed E-state index contributed by atoms with van der Waals surface area (Å²) in [6.45, 7) is 3.24. The van der Waals surface area contributed by atoms with Gasteiger partial charge in [0.2, 0.25) is 5.75 Å². The first-order valence-electron chi connectivity index (χ1n) is 11.9. The normalized spacial score (nSPS) is 14.0. The third kappa shape index (κ3) is 4.85. The monoisotopic (exact) mass is 503 g/mol. The zero-order valence-corrected chi connectivity index (χ0v) is 21.2. The van der Waals surface area contributed by atoms with Crippen LogP contribution in [-0.2, 0) is 0 Å². The second-order valence-corrected chi connectivity index (χ2v) is 8.72. The van der Waals surface area contributed by atoms with Gasteiger partial charge < -0.3 is 34.3 Å². The van der Waals surface area contributed by atoms with E-state index in [9.17, 15) is 4.79 Å². The van der Waals surface area contributed by atoms with Gasteiger partial charge in [-0.2, -0.15) is 0 Å². The number of imidazole rings is 1. The Morgan fingerprint density at radius 2 is 1.62 bits per heavy atom. The van der Waals surface area contributed by atoms with Gasteiger partial charge in [0.05, 0.1) is 21.3 Å². The molecule has 37 heavy (non-hydrogen) atoms. The van der Waals surface area contributed by atoms with Crippen molar-refractivity contribution in [1.82, 2.24) is 29.7 Å². The van der Waals surface area contributed by atoms with Crippen molar-refractivity contribution >= 4 is 28.6 Å². The molecule has 1 fully saturated rings. The van der Waals surface area contributed by atoms with Crippen LogP contribution in [-0.4, -0.2) is 90.2 Å². The average molecular weight is 504 g/mol. The number of likely N-dealkylation sites (N-methyl/N-ethyl adjacent to an activating group) is 1.